The van der Waals surface area contributed by atoms with Crippen LogP contribution < -0.4 is 10.1 Å². The van der Waals surface area contributed by atoms with Gasteiger partial charge in [0.15, 0.2) is 0 Å². The Bertz CT molecular complexity index is 2470. The molecule has 0 bridgehead atoms. The highest BCUT2D eigenvalue weighted by Crippen LogP contribution is 2.50. The van der Waals surface area contributed by atoms with Crippen LogP contribution in [0.2, 0.25) is 0 Å². The fourth-order valence-electron chi connectivity index (χ4n) is 10.3. The molecule has 3 aliphatic rings. The van der Waals surface area contributed by atoms with Crippen molar-refractivity contribution in [2.45, 2.75) is 149 Å². The van der Waals surface area contributed by atoms with Crippen LogP contribution >= 0.6 is 11.3 Å². The van der Waals surface area contributed by atoms with E-state index < -0.39 is 46.8 Å². The molecule has 1 aromatic heterocycles. The van der Waals surface area contributed by atoms with Crippen molar-refractivity contribution in [2.75, 3.05) is 32.9 Å². The molecular weight excluding hydrogens is 914 g/mol. The molecule has 3 heterocycles. The van der Waals surface area contributed by atoms with E-state index in [-0.39, 0.29) is 73.8 Å². The lowest BCUT2D eigenvalue weighted by Gasteiger charge is -2.44. The van der Waals surface area contributed by atoms with E-state index in [2.05, 4.69) is 22.4 Å². The molecule has 5 atom stereocenters. The van der Waals surface area contributed by atoms with Gasteiger partial charge in [-0.05, 0) is 105 Å². The van der Waals surface area contributed by atoms with Gasteiger partial charge in [0.25, 0.3) is 0 Å². The first-order chi connectivity index (χ1) is 33.3. The number of Topliss-reactive ketones (excluding diaryl/α,β-unsaturated/α-hetero) is 1. The van der Waals surface area contributed by atoms with Crippen molar-refractivity contribution in [3.05, 3.63) is 111 Å². The van der Waals surface area contributed by atoms with Crippen molar-refractivity contribution in [2.24, 2.45) is 11.3 Å². The molecule has 0 saturated carbocycles. The minimum atomic E-state index is -1.56. The third-order valence-corrected chi connectivity index (χ3v) is 15.0. The van der Waals surface area contributed by atoms with E-state index in [9.17, 15) is 19.5 Å². The predicted octanol–water partition coefficient (Wildman–Crippen LogP) is 10.9. The van der Waals surface area contributed by atoms with E-state index in [0.717, 1.165) is 63.2 Å². The zero-order valence-electron chi connectivity index (χ0n) is 41.9. The van der Waals surface area contributed by atoms with Gasteiger partial charge in [0.2, 0.25) is 11.8 Å². The Morgan fingerprint density at radius 3 is 2.30 bits per heavy atom. The summed E-state index contributed by atoms with van der Waals surface area (Å²) in [6.07, 6.45) is 4.54. The number of aliphatic hydroxyl groups excluding tert-OH is 1. The number of amides is 2. The molecule has 1 saturated heterocycles. The topological polar surface area (TPSA) is 121 Å². The quantitative estimate of drug-likeness (QED) is 0.0747. The Balaban J connectivity index is 0.804. The minimum absolute atomic E-state index is 0.0338. The number of carbonyl (C=O) groups is 3. The van der Waals surface area contributed by atoms with Crippen molar-refractivity contribution in [1.29, 1.82) is 0 Å². The summed E-state index contributed by atoms with van der Waals surface area (Å²) in [6.45, 7) is 14.3. The second kappa shape index (κ2) is 23.1. The smallest absolute Gasteiger partial charge is 0.243 e. The average molecular weight is 985 g/mol. The number of hydrogen-bond donors (Lipinski definition) is 2. The summed E-state index contributed by atoms with van der Waals surface area (Å²) in [4.78, 5) is 49.6. The van der Waals surface area contributed by atoms with Gasteiger partial charge in [0, 0.05) is 81.8 Å². The van der Waals surface area contributed by atoms with Gasteiger partial charge in [0.1, 0.15) is 34.9 Å². The van der Waals surface area contributed by atoms with Crippen LogP contribution in [0.15, 0.2) is 71.7 Å². The van der Waals surface area contributed by atoms with Crippen LogP contribution in [0.25, 0.3) is 16.0 Å². The SMILES string of the molecule is Cc1ncsc1-c1ccc(CNC(=O)[C@@H]2C[C@@H](O)CN2C(=O)[C@@H](CC(=O)CCCOCCCCCCOc2cc(F)c([C@@H]3C4=C(C[C@@H](C)N3CC(C)(C)F)c3ccccc3C4)c(F)c2)C(C)(C)C)cc1. The zero-order chi connectivity index (χ0) is 50.3. The van der Waals surface area contributed by atoms with Gasteiger partial charge >= 0.3 is 0 Å². The molecule has 4 aromatic rings. The Morgan fingerprint density at radius 2 is 1.63 bits per heavy atom. The number of halogens is 3. The molecule has 70 heavy (non-hydrogen) atoms. The molecular formula is C56H71F3N4O6S. The number of benzene rings is 3. The largest absolute Gasteiger partial charge is 0.493 e. The summed E-state index contributed by atoms with van der Waals surface area (Å²) in [6, 6.07) is 16.8. The highest BCUT2D eigenvalue weighted by atomic mass is 32.1. The van der Waals surface area contributed by atoms with Crippen molar-refractivity contribution >= 4 is 34.5 Å². The number of ether oxygens (including phenoxy) is 2. The van der Waals surface area contributed by atoms with Gasteiger partial charge < -0.3 is 24.8 Å². The second-order valence-corrected chi connectivity index (χ2v) is 22.1. The zero-order valence-corrected chi connectivity index (χ0v) is 42.7. The summed E-state index contributed by atoms with van der Waals surface area (Å²) in [5.41, 5.74) is 6.83. The summed E-state index contributed by atoms with van der Waals surface area (Å²) in [5, 5.41) is 13.6. The van der Waals surface area contributed by atoms with E-state index in [1.54, 1.807) is 11.3 Å². The summed E-state index contributed by atoms with van der Waals surface area (Å²) >= 11 is 1.58. The number of aryl methyl sites for hydroxylation is 1. The van der Waals surface area contributed by atoms with E-state index in [4.69, 9.17) is 9.47 Å². The maximum absolute atomic E-state index is 16.1. The number of unbranched alkanes of at least 4 members (excludes halogenated alkanes) is 3. The van der Waals surface area contributed by atoms with Crippen LogP contribution in [0.3, 0.4) is 0 Å². The minimum Gasteiger partial charge on any atom is -0.493 e. The Kier molecular flexibility index (Phi) is 17.5. The fraction of sp³-hybridized carbons (Fsp3) is 0.536. The number of hydrogen-bond acceptors (Lipinski definition) is 9. The third kappa shape index (κ3) is 13.1. The number of β-amino-alcohol motifs (C(OH)–C–C–N with tert-alkyl or cyclic N) is 1. The van der Waals surface area contributed by atoms with Crippen LogP contribution in [0.4, 0.5) is 13.2 Å². The molecule has 10 nitrogen and oxygen atoms in total. The Morgan fingerprint density at radius 1 is 0.943 bits per heavy atom. The Hall–Kier alpha value is -4.89. The number of fused-ring (bicyclic) bond motifs is 2. The van der Waals surface area contributed by atoms with Crippen LogP contribution in [-0.2, 0) is 32.1 Å². The van der Waals surface area contributed by atoms with Crippen LogP contribution in [0.5, 0.6) is 5.75 Å². The van der Waals surface area contributed by atoms with Crippen LogP contribution in [0.1, 0.15) is 133 Å². The van der Waals surface area contributed by atoms with Gasteiger partial charge in [-0.2, -0.15) is 0 Å². The van der Waals surface area contributed by atoms with Crippen molar-refractivity contribution < 1.29 is 42.1 Å². The first-order valence-electron chi connectivity index (χ1n) is 25.0. The van der Waals surface area contributed by atoms with E-state index in [1.807, 2.05) is 81.4 Å². The van der Waals surface area contributed by atoms with Gasteiger partial charge in [0.05, 0.1) is 34.8 Å². The lowest BCUT2D eigenvalue weighted by atomic mass is 9.76. The maximum Gasteiger partial charge on any atom is 0.243 e. The van der Waals surface area contributed by atoms with Gasteiger partial charge in [-0.3, -0.25) is 19.3 Å². The van der Waals surface area contributed by atoms with Gasteiger partial charge in [-0.1, -0.05) is 75.7 Å². The molecule has 0 spiro atoms. The summed E-state index contributed by atoms with van der Waals surface area (Å²) in [7, 11) is 0. The van der Waals surface area contributed by atoms with Crippen LogP contribution in [0, 0.1) is 29.9 Å². The summed E-state index contributed by atoms with van der Waals surface area (Å²) < 4.78 is 59.0. The highest BCUT2D eigenvalue weighted by molar-refractivity contribution is 7.13. The predicted molar refractivity (Wildman–Crippen MR) is 269 cm³/mol. The number of carbonyl (C=O) groups excluding carboxylic acids is 3. The number of aliphatic hydroxyl groups is 1. The standard InChI is InChI=1S/C56H71F3N4O6S/c1-35-25-44-43-17-11-10-15-39(43)26-45(44)51(63(35)33-56(6,7)59)50-47(57)29-42(30-48(50)58)69-24-13-9-8-12-22-68-23-14-16-40(64)27-46(55(3,4)5)54(67)62-32-41(65)28-49(62)53(66)60-31-37-18-20-38(21-19-37)52-36(2)61-34-70-52/h10-11,15,17-21,29-30,34-35,41,46,49,51,65H,8-9,12-14,16,22-28,31-33H2,1-7H3,(H,60,66)/t35-,41-,46-,49+,51+/m1/s1. The number of nitrogens with one attached hydrogen (secondary N) is 1. The maximum atomic E-state index is 16.1. The molecule has 14 heteroatoms. The molecule has 2 N–H and O–H groups in total. The van der Waals surface area contributed by atoms with E-state index in [0.29, 0.717) is 45.5 Å². The normalized spacial score (nSPS) is 19.8. The molecule has 1 fully saturated rings. The van der Waals surface area contributed by atoms with Crippen LogP contribution in [-0.4, -0.2) is 94.3 Å². The number of aromatic nitrogens is 1. The number of alkyl halides is 1. The Labute approximate surface area is 416 Å². The molecule has 7 rings (SSSR count). The number of thiazole rings is 1. The van der Waals surface area contributed by atoms with E-state index >= 15 is 13.2 Å². The molecule has 3 aromatic carbocycles. The van der Waals surface area contributed by atoms with Crippen molar-refractivity contribution in [1.82, 2.24) is 20.1 Å². The van der Waals surface area contributed by atoms with E-state index in [1.165, 1.54) is 30.9 Å². The average Bonchev–Trinajstić information content (AvgIpc) is 4.02. The summed E-state index contributed by atoms with van der Waals surface area (Å²) in [5.74, 6) is -2.63. The molecule has 0 radical (unpaired) electrons. The second-order valence-electron chi connectivity index (χ2n) is 21.2. The number of likely N-dealkylation sites (tertiary alicyclic amines) is 1. The molecule has 1 aliphatic carbocycles. The number of nitrogens with zero attached hydrogens (tertiary/aromatic N) is 3. The molecule has 0 unspecified atom stereocenters. The first kappa shape index (κ1) is 52.9. The highest BCUT2D eigenvalue weighted by Gasteiger charge is 2.45. The van der Waals surface area contributed by atoms with Crippen molar-refractivity contribution in [3.8, 4) is 16.2 Å². The molecule has 2 amide bonds. The monoisotopic (exact) mass is 985 g/mol. The number of ketones is 1. The van der Waals surface area contributed by atoms with Crippen molar-refractivity contribution in [3.63, 3.8) is 0 Å². The number of rotatable bonds is 22. The lowest BCUT2D eigenvalue weighted by Crippen LogP contribution is -2.50. The third-order valence-electron chi connectivity index (χ3n) is 14.0. The fourth-order valence-corrected chi connectivity index (χ4v) is 11.1. The molecule has 378 valence electrons. The van der Waals surface area contributed by atoms with Gasteiger partial charge in [-0.25, -0.2) is 18.2 Å². The molecule has 2 aliphatic heterocycles. The van der Waals surface area contributed by atoms with Gasteiger partial charge in [-0.15, -0.1) is 11.3 Å². The lowest BCUT2D eigenvalue weighted by molar-refractivity contribution is -0.146. The first-order valence-corrected chi connectivity index (χ1v) is 25.9.